The molecule has 4 aromatic rings. The first-order valence-electron chi connectivity index (χ1n) is 27.3. The number of unbranched alkanes of at least 4 members (excludes halogenated alkanes) is 4. The van der Waals surface area contributed by atoms with Crippen LogP contribution in [-0.2, 0) is 40.1 Å². The zero-order valence-electron chi connectivity index (χ0n) is 46.7. The smallest absolute Gasteiger partial charge is 0.414 e. The van der Waals surface area contributed by atoms with Gasteiger partial charge in [0.05, 0.1) is 37.2 Å². The molecule has 0 fully saturated rings. The van der Waals surface area contributed by atoms with Crippen molar-refractivity contribution in [2.75, 3.05) is 68.6 Å². The molecule has 1 unspecified atom stereocenters. The number of carbonyl (C=O) groups is 8. The molecule has 0 saturated carbocycles. The molecule has 0 spiro atoms. The number of ether oxygens (including phenoxy) is 4. The third kappa shape index (κ3) is 15.2. The molecule has 0 bridgehead atoms. The summed E-state index contributed by atoms with van der Waals surface area (Å²) in [5.74, 6) is -0.859. The minimum atomic E-state index is -0.847. The fourth-order valence-electron chi connectivity index (χ4n) is 9.89. The molecule has 7 rings (SSSR count). The van der Waals surface area contributed by atoms with Crippen LogP contribution in [0.25, 0.3) is 10.8 Å². The summed E-state index contributed by atoms with van der Waals surface area (Å²) in [6.07, 6.45) is 6.71. The second-order valence-electron chi connectivity index (χ2n) is 21.7. The van der Waals surface area contributed by atoms with E-state index in [1.165, 1.54) is 29.1 Å². The van der Waals surface area contributed by atoms with Gasteiger partial charge in [0.25, 0.3) is 17.7 Å². The molecule has 422 valence electrons. The molecule has 3 aliphatic rings. The lowest BCUT2D eigenvalue weighted by molar-refractivity contribution is -0.137. The summed E-state index contributed by atoms with van der Waals surface area (Å²) in [4.78, 5) is 109. The standard InChI is InChI=1S/C60H75N7O12/c1-38(2)56(63-50(68)20-11-9-15-29-66-53(71)26-27-54(66)72)57(73)61-35-51(69)62-41-24-22-40(23-25-41)37-78-47-34-46-55(43-19-14-13-18-42(43)47)39(3)36-67(46)52(70)21-12-10-16-31-77-49-33-45-44(32-48(49)76-8)58(74)64(7)28-17-30-65(45)59(75)79-60(4,5)6/h13-14,18-19,22-27,32-34,38-39,56H,9-12,15-17,20-21,28-31,35-37H2,1-8H3,(H,61,73)(H,62,69)(H,63,68)/t39?,56-/m0/s1. The number of amides is 8. The first kappa shape index (κ1) is 58.7. The van der Waals surface area contributed by atoms with E-state index in [0.29, 0.717) is 112 Å². The lowest BCUT2D eigenvalue weighted by Crippen LogP contribution is -2.51. The molecule has 2 atom stereocenters. The van der Waals surface area contributed by atoms with Crippen LogP contribution in [-0.4, -0.2) is 122 Å². The summed E-state index contributed by atoms with van der Waals surface area (Å²) in [7, 11) is 3.24. The Morgan fingerprint density at radius 2 is 1.43 bits per heavy atom. The van der Waals surface area contributed by atoms with Crippen molar-refractivity contribution in [1.29, 1.82) is 0 Å². The second kappa shape index (κ2) is 26.6. The van der Waals surface area contributed by atoms with Crippen molar-refractivity contribution in [3.8, 4) is 17.2 Å². The highest BCUT2D eigenvalue weighted by molar-refractivity contribution is 6.13. The van der Waals surface area contributed by atoms with E-state index in [1.54, 1.807) is 70.8 Å². The molecular weight excluding hydrogens is 1010 g/mol. The van der Waals surface area contributed by atoms with Gasteiger partial charge in [-0.2, -0.15) is 0 Å². The summed E-state index contributed by atoms with van der Waals surface area (Å²) >= 11 is 0. The number of nitrogens with one attached hydrogen (secondary N) is 3. The number of nitrogens with zero attached hydrogens (tertiary/aromatic N) is 4. The number of rotatable bonds is 23. The predicted octanol–water partition coefficient (Wildman–Crippen LogP) is 8.42. The number of methoxy groups -OCH3 is 1. The second-order valence-corrected chi connectivity index (χ2v) is 21.7. The van der Waals surface area contributed by atoms with Crippen LogP contribution in [0.5, 0.6) is 17.2 Å². The fraction of sp³-hybridized carbons (Fsp3) is 0.467. The molecule has 19 nitrogen and oxygen atoms in total. The highest BCUT2D eigenvalue weighted by Crippen LogP contribution is 2.45. The van der Waals surface area contributed by atoms with E-state index in [0.717, 1.165) is 27.6 Å². The molecule has 8 amide bonds. The molecule has 0 aromatic heterocycles. The van der Waals surface area contributed by atoms with Gasteiger partial charge in [0.1, 0.15) is 24.0 Å². The van der Waals surface area contributed by atoms with Crippen LogP contribution in [0.2, 0.25) is 0 Å². The Labute approximate surface area is 462 Å². The maximum absolute atomic E-state index is 14.0. The minimum absolute atomic E-state index is 0.0167. The molecule has 3 heterocycles. The van der Waals surface area contributed by atoms with Crippen molar-refractivity contribution < 1.29 is 57.3 Å². The Hall–Kier alpha value is -7.96. The number of carbonyl (C=O) groups excluding carboxylic acids is 8. The van der Waals surface area contributed by atoms with Crippen LogP contribution in [0, 0.1) is 5.92 Å². The van der Waals surface area contributed by atoms with Crippen LogP contribution in [0.4, 0.5) is 21.9 Å². The Morgan fingerprint density at radius 3 is 2.13 bits per heavy atom. The monoisotopic (exact) mass is 1090 g/mol. The number of benzene rings is 4. The van der Waals surface area contributed by atoms with Gasteiger partial charge in [0, 0.05) is 87.3 Å². The minimum Gasteiger partial charge on any atom is -0.493 e. The van der Waals surface area contributed by atoms with E-state index in [2.05, 4.69) is 28.9 Å². The topological polar surface area (TPSA) is 223 Å². The zero-order valence-corrected chi connectivity index (χ0v) is 46.7. The van der Waals surface area contributed by atoms with Gasteiger partial charge in [-0.15, -0.1) is 0 Å². The third-order valence-corrected chi connectivity index (χ3v) is 14.0. The van der Waals surface area contributed by atoms with Gasteiger partial charge in [-0.1, -0.05) is 63.6 Å². The van der Waals surface area contributed by atoms with Crippen molar-refractivity contribution in [2.24, 2.45) is 5.92 Å². The lowest BCUT2D eigenvalue weighted by Gasteiger charge is -2.32. The SMILES string of the molecule is COc1cc2c(cc1OCCCCCC(=O)N1CC(C)c3c1cc(OCc1ccc(NC(=O)CNC(=O)[C@@H](NC(=O)CCCCCN4C(=O)C=CC4=O)C(C)C)cc1)c1ccccc31)N(C(=O)OC(C)(C)C)CCCN(C)C2=O. The summed E-state index contributed by atoms with van der Waals surface area (Å²) < 4.78 is 24.1. The van der Waals surface area contributed by atoms with E-state index in [1.807, 2.05) is 41.3 Å². The zero-order chi connectivity index (χ0) is 57.0. The quantitative estimate of drug-likeness (QED) is 0.0471. The normalized spacial score (nSPS) is 15.6. The Morgan fingerprint density at radius 1 is 0.747 bits per heavy atom. The van der Waals surface area contributed by atoms with Gasteiger partial charge in [-0.3, -0.25) is 43.4 Å². The van der Waals surface area contributed by atoms with Gasteiger partial charge in [0.15, 0.2) is 11.5 Å². The van der Waals surface area contributed by atoms with Crippen molar-refractivity contribution in [2.45, 2.75) is 123 Å². The molecule has 3 aliphatic heterocycles. The van der Waals surface area contributed by atoms with E-state index >= 15 is 0 Å². The maximum Gasteiger partial charge on any atom is 0.414 e. The number of anilines is 3. The van der Waals surface area contributed by atoms with Gasteiger partial charge in [-0.25, -0.2) is 4.79 Å². The Bertz CT molecular complexity index is 2930. The number of imide groups is 1. The first-order valence-corrected chi connectivity index (χ1v) is 27.3. The molecular formula is C60H75N7O12. The van der Waals surface area contributed by atoms with E-state index in [9.17, 15) is 38.4 Å². The van der Waals surface area contributed by atoms with Gasteiger partial charge >= 0.3 is 6.09 Å². The number of fused-ring (bicyclic) bond motifs is 4. The molecule has 19 heteroatoms. The maximum atomic E-state index is 14.0. The van der Waals surface area contributed by atoms with Crippen LogP contribution in [0.1, 0.15) is 127 Å². The average molecular weight is 1090 g/mol. The van der Waals surface area contributed by atoms with Crippen LogP contribution < -0.4 is 40.0 Å². The van der Waals surface area contributed by atoms with Crippen molar-refractivity contribution in [1.82, 2.24) is 20.4 Å². The van der Waals surface area contributed by atoms with Crippen molar-refractivity contribution >= 4 is 75.3 Å². The van der Waals surface area contributed by atoms with E-state index in [-0.39, 0.29) is 67.5 Å². The van der Waals surface area contributed by atoms with Crippen LogP contribution >= 0.6 is 0 Å². The highest BCUT2D eigenvalue weighted by atomic mass is 16.6. The highest BCUT2D eigenvalue weighted by Gasteiger charge is 2.34. The molecule has 0 aliphatic carbocycles. The van der Waals surface area contributed by atoms with E-state index in [4.69, 9.17) is 18.9 Å². The average Bonchev–Trinajstić information content (AvgIpc) is 4.03. The van der Waals surface area contributed by atoms with Crippen molar-refractivity contribution in [3.63, 3.8) is 0 Å². The summed E-state index contributed by atoms with van der Waals surface area (Å²) in [6, 6.07) is 19.6. The lowest BCUT2D eigenvalue weighted by atomic mass is 9.95. The molecule has 0 saturated heterocycles. The fourth-order valence-corrected chi connectivity index (χ4v) is 9.89. The third-order valence-electron chi connectivity index (χ3n) is 14.0. The molecule has 79 heavy (non-hydrogen) atoms. The molecule has 0 radical (unpaired) electrons. The van der Waals surface area contributed by atoms with Gasteiger partial charge in [0.2, 0.25) is 23.6 Å². The Balaban J connectivity index is 0.883. The number of hydrogen-bond donors (Lipinski definition) is 3. The van der Waals surface area contributed by atoms with E-state index < -0.39 is 29.6 Å². The summed E-state index contributed by atoms with van der Waals surface area (Å²) in [5.41, 5.74) is 3.26. The summed E-state index contributed by atoms with van der Waals surface area (Å²) in [6.45, 7) is 13.0. The van der Waals surface area contributed by atoms with Crippen LogP contribution in [0.15, 0.2) is 78.9 Å². The molecule has 4 aromatic carbocycles. The number of hydrogen-bond acceptors (Lipinski definition) is 12. The largest absolute Gasteiger partial charge is 0.493 e. The predicted molar refractivity (Wildman–Crippen MR) is 300 cm³/mol. The Kier molecular flexibility index (Phi) is 19.8. The van der Waals surface area contributed by atoms with Gasteiger partial charge in [-0.05, 0) is 99.9 Å². The summed E-state index contributed by atoms with van der Waals surface area (Å²) in [5, 5.41) is 10.2. The van der Waals surface area contributed by atoms with Gasteiger partial charge < -0.3 is 44.7 Å². The first-order chi connectivity index (χ1) is 37.7. The van der Waals surface area contributed by atoms with Crippen molar-refractivity contribution in [3.05, 3.63) is 95.6 Å². The molecule has 3 N–H and O–H groups in total. The van der Waals surface area contributed by atoms with Crippen LogP contribution in [0.3, 0.4) is 0 Å².